The summed E-state index contributed by atoms with van der Waals surface area (Å²) in [5.74, 6) is -0.919. The summed E-state index contributed by atoms with van der Waals surface area (Å²) < 4.78 is 5.46. The van der Waals surface area contributed by atoms with Gasteiger partial charge in [-0.2, -0.15) is 0 Å². The molecule has 4 aromatic rings. The second-order valence-corrected chi connectivity index (χ2v) is 7.98. The molecule has 0 saturated heterocycles. The normalized spacial score (nSPS) is 10.8. The van der Waals surface area contributed by atoms with Gasteiger partial charge in [0, 0.05) is 16.6 Å². The third kappa shape index (κ3) is 4.77. The number of pyridine rings is 1. The summed E-state index contributed by atoms with van der Waals surface area (Å²) in [7, 11) is 0. The molecule has 5 nitrogen and oxygen atoms in total. The number of anilines is 1. The number of fused-ring (bicyclic) bond motifs is 1. The van der Waals surface area contributed by atoms with E-state index in [9.17, 15) is 9.59 Å². The number of benzene rings is 3. The lowest BCUT2D eigenvalue weighted by Gasteiger charge is -2.15. The number of carbonyl (C=O) groups excluding carboxylic acids is 2. The predicted octanol–water partition coefficient (Wildman–Crippen LogP) is 5.88. The lowest BCUT2D eigenvalue weighted by molar-refractivity contribution is -0.119. The minimum Gasteiger partial charge on any atom is -0.452 e. The lowest BCUT2D eigenvalue weighted by Crippen LogP contribution is -2.22. The number of aromatic nitrogens is 1. The maximum absolute atomic E-state index is 13.2. The van der Waals surface area contributed by atoms with Gasteiger partial charge in [0.25, 0.3) is 5.91 Å². The number of rotatable bonds is 6. The zero-order valence-electron chi connectivity index (χ0n) is 19.0. The average Bonchev–Trinajstić information content (AvgIpc) is 2.83. The third-order valence-corrected chi connectivity index (χ3v) is 5.67. The highest BCUT2D eigenvalue weighted by molar-refractivity contribution is 6.07. The van der Waals surface area contributed by atoms with Crippen molar-refractivity contribution < 1.29 is 14.3 Å². The summed E-state index contributed by atoms with van der Waals surface area (Å²) in [6.45, 7) is 5.54. The van der Waals surface area contributed by atoms with Crippen LogP contribution >= 0.6 is 0 Å². The van der Waals surface area contributed by atoms with E-state index in [4.69, 9.17) is 9.72 Å². The Hall–Kier alpha value is -3.99. The molecule has 5 heteroatoms. The first-order valence-corrected chi connectivity index (χ1v) is 11.0. The van der Waals surface area contributed by atoms with E-state index < -0.39 is 5.97 Å². The van der Waals surface area contributed by atoms with Gasteiger partial charge in [-0.15, -0.1) is 0 Å². The molecule has 0 aliphatic heterocycles. The van der Waals surface area contributed by atoms with Gasteiger partial charge in [0.2, 0.25) is 0 Å². The Morgan fingerprint density at radius 1 is 0.909 bits per heavy atom. The zero-order valence-corrected chi connectivity index (χ0v) is 19.0. The molecular weight excluding hydrogens is 412 g/mol. The molecular formula is C28H26N2O3. The Kier molecular flexibility index (Phi) is 6.50. The van der Waals surface area contributed by atoms with Crippen LogP contribution in [-0.2, 0) is 16.0 Å². The number of ether oxygens (including phenoxy) is 1. The van der Waals surface area contributed by atoms with Crippen LogP contribution in [0.25, 0.3) is 22.2 Å². The molecule has 0 aliphatic rings. The molecule has 1 amide bonds. The van der Waals surface area contributed by atoms with E-state index in [-0.39, 0.29) is 12.5 Å². The fraction of sp³-hybridized carbons (Fsp3) is 0.179. The maximum Gasteiger partial charge on any atom is 0.339 e. The van der Waals surface area contributed by atoms with E-state index in [1.54, 1.807) is 0 Å². The number of carbonyl (C=O) groups is 2. The minimum absolute atomic E-state index is 0.368. The Morgan fingerprint density at radius 2 is 1.61 bits per heavy atom. The van der Waals surface area contributed by atoms with Gasteiger partial charge in [0.15, 0.2) is 6.61 Å². The first-order chi connectivity index (χ1) is 16.0. The van der Waals surface area contributed by atoms with Crippen molar-refractivity contribution in [2.45, 2.75) is 27.2 Å². The second kappa shape index (κ2) is 9.65. The van der Waals surface area contributed by atoms with Crippen LogP contribution in [0.5, 0.6) is 0 Å². The standard InChI is InChI=1S/C28H26N2O3/c1-4-20-9-5-7-11-23(20)29-25(31)17-33-28(32)26-19(3)27(21-15-13-18(2)14-16-21)30-24-12-8-6-10-22(24)26/h5-16H,4,17H2,1-3H3,(H,29,31). The minimum atomic E-state index is -0.543. The van der Waals surface area contributed by atoms with Gasteiger partial charge in [0.05, 0.1) is 16.8 Å². The van der Waals surface area contributed by atoms with Crippen LogP contribution in [-0.4, -0.2) is 23.5 Å². The van der Waals surface area contributed by atoms with Gasteiger partial charge < -0.3 is 10.1 Å². The van der Waals surface area contributed by atoms with Gasteiger partial charge in [-0.25, -0.2) is 9.78 Å². The first-order valence-electron chi connectivity index (χ1n) is 11.0. The van der Waals surface area contributed by atoms with Crippen molar-refractivity contribution in [2.75, 3.05) is 11.9 Å². The molecule has 0 aliphatic carbocycles. The summed E-state index contributed by atoms with van der Waals surface area (Å²) in [4.78, 5) is 30.5. The van der Waals surface area contributed by atoms with Crippen molar-refractivity contribution in [2.24, 2.45) is 0 Å². The number of amides is 1. The van der Waals surface area contributed by atoms with E-state index in [1.165, 1.54) is 0 Å². The van der Waals surface area contributed by atoms with Crippen molar-refractivity contribution in [1.29, 1.82) is 0 Å². The number of aryl methyl sites for hydroxylation is 2. The van der Waals surface area contributed by atoms with E-state index in [0.717, 1.165) is 40.1 Å². The van der Waals surface area contributed by atoms with Crippen LogP contribution < -0.4 is 5.32 Å². The molecule has 0 saturated carbocycles. The van der Waals surface area contributed by atoms with Crippen LogP contribution in [0, 0.1) is 13.8 Å². The SMILES string of the molecule is CCc1ccccc1NC(=O)COC(=O)c1c(C)c(-c2ccc(C)cc2)nc2ccccc12. The highest BCUT2D eigenvalue weighted by Crippen LogP contribution is 2.30. The summed E-state index contributed by atoms with van der Waals surface area (Å²) in [6, 6.07) is 23.1. The second-order valence-electron chi connectivity index (χ2n) is 7.98. The Bertz CT molecular complexity index is 1330. The van der Waals surface area contributed by atoms with Crippen LogP contribution in [0.1, 0.15) is 34.0 Å². The molecule has 1 N–H and O–H groups in total. The van der Waals surface area contributed by atoms with Gasteiger partial charge in [-0.1, -0.05) is 73.2 Å². The fourth-order valence-corrected chi connectivity index (χ4v) is 3.90. The number of nitrogens with zero attached hydrogens (tertiary/aromatic N) is 1. The van der Waals surface area contributed by atoms with Gasteiger partial charge >= 0.3 is 5.97 Å². The number of para-hydroxylation sites is 2. The van der Waals surface area contributed by atoms with E-state index >= 15 is 0 Å². The van der Waals surface area contributed by atoms with Crippen LogP contribution in [0.3, 0.4) is 0 Å². The molecule has 1 aromatic heterocycles. The number of esters is 1. The summed E-state index contributed by atoms with van der Waals surface area (Å²) in [5.41, 5.74) is 6.40. The van der Waals surface area contributed by atoms with Crippen LogP contribution in [0.2, 0.25) is 0 Å². The molecule has 1 heterocycles. The molecule has 0 atom stereocenters. The van der Waals surface area contributed by atoms with Crippen molar-refractivity contribution in [3.8, 4) is 11.3 Å². The van der Waals surface area contributed by atoms with Gasteiger partial charge in [0.1, 0.15) is 0 Å². The van der Waals surface area contributed by atoms with Crippen LogP contribution in [0.4, 0.5) is 5.69 Å². The van der Waals surface area contributed by atoms with E-state index in [2.05, 4.69) is 5.32 Å². The Labute approximate surface area is 193 Å². The molecule has 0 bridgehead atoms. The molecule has 4 rings (SSSR count). The van der Waals surface area contributed by atoms with Crippen LogP contribution in [0.15, 0.2) is 72.8 Å². The van der Waals surface area contributed by atoms with Crippen molar-refractivity contribution in [1.82, 2.24) is 4.98 Å². The number of hydrogen-bond donors (Lipinski definition) is 1. The zero-order chi connectivity index (χ0) is 23.4. The summed E-state index contributed by atoms with van der Waals surface area (Å²) in [5, 5.41) is 3.54. The molecule has 3 aromatic carbocycles. The molecule has 166 valence electrons. The monoisotopic (exact) mass is 438 g/mol. The topological polar surface area (TPSA) is 68.3 Å². The highest BCUT2D eigenvalue weighted by atomic mass is 16.5. The number of hydrogen-bond acceptors (Lipinski definition) is 4. The smallest absolute Gasteiger partial charge is 0.339 e. The Morgan fingerprint density at radius 3 is 2.36 bits per heavy atom. The summed E-state index contributed by atoms with van der Waals surface area (Å²) >= 11 is 0. The maximum atomic E-state index is 13.2. The lowest BCUT2D eigenvalue weighted by atomic mass is 9.97. The van der Waals surface area contributed by atoms with Crippen molar-refractivity contribution in [3.05, 3.63) is 95.1 Å². The Balaban J connectivity index is 1.61. The third-order valence-electron chi connectivity index (χ3n) is 5.67. The molecule has 0 fully saturated rings. The van der Waals surface area contributed by atoms with Crippen molar-refractivity contribution >= 4 is 28.5 Å². The summed E-state index contributed by atoms with van der Waals surface area (Å²) in [6.07, 6.45) is 0.792. The first kappa shape index (κ1) is 22.2. The van der Waals surface area contributed by atoms with E-state index in [1.807, 2.05) is 93.6 Å². The molecule has 0 radical (unpaired) electrons. The average molecular weight is 439 g/mol. The molecule has 0 unspecified atom stereocenters. The molecule has 0 spiro atoms. The molecule has 33 heavy (non-hydrogen) atoms. The van der Waals surface area contributed by atoms with Crippen molar-refractivity contribution in [3.63, 3.8) is 0 Å². The fourth-order valence-electron chi connectivity index (χ4n) is 3.90. The quantitative estimate of drug-likeness (QED) is 0.382. The number of nitrogens with one attached hydrogen (secondary N) is 1. The van der Waals surface area contributed by atoms with Gasteiger partial charge in [-0.3, -0.25) is 4.79 Å². The largest absolute Gasteiger partial charge is 0.452 e. The highest BCUT2D eigenvalue weighted by Gasteiger charge is 2.21. The predicted molar refractivity (Wildman–Crippen MR) is 131 cm³/mol. The van der Waals surface area contributed by atoms with E-state index in [0.29, 0.717) is 16.5 Å². The van der Waals surface area contributed by atoms with Gasteiger partial charge in [-0.05, 0) is 43.5 Å².